The van der Waals surface area contributed by atoms with E-state index in [1.807, 2.05) is 10.3 Å². The highest BCUT2D eigenvalue weighted by Gasteiger charge is 2.32. The quantitative estimate of drug-likeness (QED) is 0.749. The molecule has 0 amide bonds. The molecule has 0 aromatic carbocycles. The molecular formula is C8H11BF3N2S-. The smallest absolute Gasteiger partial charge is 0.449 e. The fourth-order valence-corrected chi connectivity index (χ4v) is 2.63. The first kappa shape index (κ1) is 10.8. The maximum atomic E-state index is 12.2. The molecule has 2 nitrogen and oxygen atoms in total. The van der Waals surface area contributed by atoms with Gasteiger partial charge in [-0.05, 0) is 12.3 Å². The average molecular weight is 235 g/mol. The lowest BCUT2D eigenvalue weighted by atomic mass is 9.78. The van der Waals surface area contributed by atoms with Crippen molar-refractivity contribution in [3.05, 3.63) is 11.6 Å². The highest BCUT2D eigenvalue weighted by atomic mass is 32.1. The van der Waals surface area contributed by atoms with Gasteiger partial charge >= 0.3 is 6.98 Å². The van der Waals surface area contributed by atoms with E-state index in [-0.39, 0.29) is 5.92 Å². The highest BCUT2D eigenvalue weighted by Crippen LogP contribution is 2.31. The Morgan fingerprint density at radius 2 is 2.33 bits per heavy atom. The molecule has 1 aromatic heterocycles. The zero-order valence-corrected chi connectivity index (χ0v) is 8.89. The SMILES string of the molecule is F[B-](F)(F)CC1CCN(c2nccs2)C1. The van der Waals surface area contributed by atoms with E-state index in [2.05, 4.69) is 4.98 Å². The number of aromatic nitrogens is 1. The van der Waals surface area contributed by atoms with Gasteiger partial charge in [0.1, 0.15) is 0 Å². The van der Waals surface area contributed by atoms with Gasteiger partial charge in [-0.15, -0.1) is 11.3 Å². The summed E-state index contributed by atoms with van der Waals surface area (Å²) in [5.41, 5.74) is 0. The molecule has 7 heteroatoms. The van der Waals surface area contributed by atoms with E-state index in [4.69, 9.17) is 0 Å². The van der Waals surface area contributed by atoms with Crippen LogP contribution in [0.3, 0.4) is 0 Å². The molecule has 0 bridgehead atoms. The lowest BCUT2D eigenvalue weighted by Gasteiger charge is -2.19. The summed E-state index contributed by atoms with van der Waals surface area (Å²) in [6, 6.07) is 0. The van der Waals surface area contributed by atoms with Gasteiger partial charge in [0.25, 0.3) is 0 Å². The van der Waals surface area contributed by atoms with E-state index < -0.39 is 13.3 Å². The van der Waals surface area contributed by atoms with E-state index in [0.29, 0.717) is 19.5 Å². The van der Waals surface area contributed by atoms with Crippen LogP contribution in [0.2, 0.25) is 6.32 Å². The molecule has 0 aliphatic carbocycles. The summed E-state index contributed by atoms with van der Waals surface area (Å²) < 4.78 is 36.6. The van der Waals surface area contributed by atoms with Gasteiger partial charge in [0.2, 0.25) is 0 Å². The molecule has 84 valence electrons. The topological polar surface area (TPSA) is 16.1 Å². The zero-order valence-electron chi connectivity index (χ0n) is 8.07. The fraction of sp³-hybridized carbons (Fsp3) is 0.625. The van der Waals surface area contributed by atoms with Gasteiger partial charge in [-0.2, -0.15) is 0 Å². The van der Waals surface area contributed by atoms with Crippen LogP contribution in [-0.4, -0.2) is 25.1 Å². The molecule has 2 heterocycles. The van der Waals surface area contributed by atoms with Crippen molar-refractivity contribution in [2.45, 2.75) is 12.7 Å². The van der Waals surface area contributed by atoms with Crippen molar-refractivity contribution in [2.24, 2.45) is 5.92 Å². The molecule has 0 saturated carbocycles. The van der Waals surface area contributed by atoms with Crippen LogP contribution >= 0.6 is 11.3 Å². The molecule has 2 rings (SSSR count). The third kappa shape index (κ3) is 2.87. The van der Waals surface area contributed by atoms with Crippen molar-refractivity contribution in [3.8, 4) is 0 Å². The van der Waals surface area contributed by atoms with Crippen molar-refractivity contribution in [1.82, 2.24) is 4.98 Å². The van der Waals surface area contributed by atoms with Crippen molar-refractivity contribution >= 4 is 23.4 Å². The Balaban J connectivity index is 1.90. The second-order valence-electron chi connectivity index (χ2n) is 3.86. The first-order valence-electron chi connectivity index (χ1n) is 4.90. The minimum Gasteiger partial charge on any atom is -0.449 e. The predicted octanol–water partition coefficient (Wildman–Crippen LogP) is 2.82. The summed E-state index contributed by atoms with van der Waals surface area (Å²) in [4.78, 5) is 6.04. The van der Waals surface area contributed by atoms with Crippen LogP contribution < -0.4 is 4.90 Å². The molecule has 1 aliphatic rings. The minimum absolute atomic E-state index is 0.242. The number of hydrogen-bond acceptors (Lipinski definition) is 3. The molecule has 1 aromatic rings. The molecule has 1 aliphatic heterocycles. The second-order valence-corrected chi connectivity index (χ2v) is 4.73. The molecule has 0 N–H and O–H groups in total. The normalized spacial score (nSPS) is 22.3. The minimum atomic E-state index is -4.64. The Bertz CT molecular complexity index is 314. The molecule has 1 fully saturated rings. The van der Waals surface area contributed by atoms with Crippen molar-refractivity contribution in [2.75, 3.05) is 18.0 Å². The Labute approximate surface area is 90.2 Å². The van der Waals surface area contributed by atoms with E-state index >= 15 is 0 Å². The summed E-state index contributed by atoms with van der Waals surface area (Å²) >= 11 is 1.48. The molecular weight excluding hydrogens is 224 g/mol. The van der Waals surface area contributed by atoms with Gasteiger partial charge < -0.3 is 17.8 Å². The first-order chi connectivity index (χ1) is 7.04. The van der Waals surface area contributed by atoms with Gasteiger partial charge in [-0.25, -0.2) is 4.98 Å². The number of hydrogen-bond donors (Lipinski definition) is 0. The van der Waals surface area contributed by atoms with Crippen LogP contribution in [0.15, 0.2) is 11.6 Å². The van der Waals surface area contributed by atoms with Gasteiger partial charge in [0.05, 0.1) is 0 Å². The highest BCUT2D eigenvalue weighted by molar-refractivity contribution is 7.13. The Morgan fingerprint density at radius 1 is 1.53 bits per heavy atom. The molecule has 1 atom stereocenters. The van der Waals surface area contributed by atoms with E-state index in [9.17, 15) is 12.9 Å². The summed E-state index contributed by atoms with van der Waals surface area (Å²) in [6.45, 7) is -3.45. The Kier molecular flexibility index (Phi) is 2.90. The summed E-state index contributed by atoms with van der Waals surface area (Å²) in [5.74, 6) is -0.242. The molecule has 15 heavy (non-hydrogen) atoms. The molecule has 1 saturated heterocycles. The van der Waals surface area contributed by atoms with Crippen LogP contribution in [0.25, 0.3) is 0 Å². The predicted molar refractivity (Wildman–Crippen MR) is 56.3 cm³/mol. The number of nitrogens with zero attached hydrogens (tertiary/aromatic N) is 2. The lowest BCUT2D eigenvalue weighted by Crippen LogP contribution is -2.23. The van der Waals surface area contributed by atoms with Crippen molar-refractivity contribution in [1.29, 1.82) is 0 Å². The Morgan fingerprint density at radius 3 is 2.93 bits per heavy atom. The number of rotatable bonds is 3. The van der Waals surface area contributed by atoms with Crippen molar-refractivity contribution < 1.29 is 12.9 Å². The summed E-state index contributed by atoms with van der Waals surface area (Å²) in [7, 11) is 0. The van der Waals surface area contributed by atoms with E-state index in [1.165, 1.54) is 11.3 Å². The number of halogens is 3. The maximum Gasteiger partial charge on any atom is 0.478 e. The van der Waals surface area contributed by atoms with E-state index in [0.717, 1.165) is 5.13 Å². The lowest BCUT2D eigenvalue weighted by molar-refractivity contribution is 0.439. The fourth-order valence-electron chi connectivity index (χ4n) is 1.95. The van der Waals surface area contributed by atoms with Gasteiger partial charge in [-0.1, -0.05) is 6.32 Å². The van der Waals surface area contributed by atoms with Gasteiger partial charge in [0.15, 0.2) is 5.13 Å². The number of thiazole rings is 1. The maximum absolute atomic E-state index is 12.2. The molecule has 0 spiro atoms. The average Bonchev–Trinajstić information content (AvgIpc) is 2.68. The van der Waals surface area contributed by atoms with Crippen LogP contribution in [0.1, 0.15) is 6.42 Å². The van der Waals surface area contributed by atoms with Crippen LogP contribution in [-0.2, 0) is 0 Å². The van der Waals surface area contributed by atoms with Gasteiger partial charge in [-0.3, -0.25) is 0 Å². The number of anilines is 1. The van der Waals surface area contributed by atoms with Crippen LogP contribution in [0, 0.1) is 5.92 Å². The van der Waals surface area contributed by atoms with Crippen LogP contribution in [0.5, 0.6) is 0 Å². The van der Waals surface area contributed by atoms with Crippen molar-refractivity contribution in [3.63, 3.8) is 0 Å². The zero-order chi connectivity index (χ0) is 10.9. The van der Waals surface area contributed by atoms with E-state index in [1.54, 1.807) is 6.20 Å². The third-order valence-corrected chi connectivity index (χ3v) is 3.41. The monoisotopic (exact) mass is 235 g/mol. The molecule has 0 radical (unpaired) electrons. The standard InChI is InChI=1S/C8H11BF3N2S/c10-9(11,12)5-7-1-3-14(6-7)8-13-2-4-15-8/h2,4,7H,1,3,5-6H2/q-1. The largest absolute Gasteiger partial charge is 0.478 e. The third-order valence-electron chi connectivity index (χ3n) is 2.58. The molecule has 1 unspecified atom stereocenters. The first-order valence-corrected chi connectivity index (χ1v) is 5.78. The summed E-state index contributed by atoms with van der Waals surface area (Å²) in [6.07, 6.45) is 1.70. The second kappa shape index (κ2) is 4.04. The van der Waals surface area contributed by atoms with Gasteiger partial charge in [0, 0.05) is 24.7 Å². The Hall–Kier alpha value is -0.715. The summed E-state index contributed by atoms with van der Waals surface area (Å²) in [5, 5.41) is 2.68. The van der Waals surface area contributed by atoms with Crippen LogP contribution in [0.4, 0.5) is 18.1 Å².